The van der Waals surface area contributed by atoms with E-state index in [4.69, 9.17) is 26.9 Å². The van der Waals surface area contributed by atoms with Crippen molar-refractivity contribution in [3.63, 3.8) is 0 Å². The normalized spacial score (nSPS) is 36.4. The van der Waals surface area contributed by atoms with Gasteiger partial charge in [-0.25, -0.2) is 5.43 Å². The number of rotatable bonds is 3. The first kappa shape index (κ1) is 13.4. The van der Waals surface area contributed by atoms with Crippen molar-refractivity contribution in [3.05, 3.63) is 0 Å². The first-order valence-electron chi connectivity index (χ1n) is 5.71. The lowest BCUT2D eigenvalue weighted by molar-refractivity contribution is -0.115. The van der Waals surface area contributed by atoms with Crippen LogP contribution >= 0.6 is 11.6 Å². The molecule has 0 aromatic carbocycles. The molecule has 0 aromatic heterocycles. The monoisotopic (exact) mass is 270 g/mol. The van der Waals surface area contributed by atoms with Crippen LogP contribution in [0.15, 0.2) is 0 Å². The molecule has 1 spiro atoms. The van der Waals surface area contributed by atoms with Crippen LogP contribution in [0.25, 0.3) is 0 Å². The first-order valence-corrected chi connectivity index (χ1v) is 6.09. The van der Waals surface area contributed by atoms with E-state index in [1.165, 1.54) is 0 Å². The van der Waals surface area contributed by atoms with Gasteiger partial charge in [-0.05, 0) is 30.4 Å². The smallest absolute Gasteiger partial charge is 0.338 e. The molecule has 4 nitrogen and oxygen atoms in total. The highest BCUT2D eigenvalue weighted by Gasteiger charge is 2.48. The van der Waals surface area contributed by atoms with Crippen LogP contribution < -0.4 is 11.3 Å². The number of halogens is 3. The fraction of sp³-hybridized carbons (Fsp3) is 1.00. The number of nitrogens with one attached hydrogen (secondary N) is 1. The van der Waals surface area contributed by atoms with Crippen LogP contribution in [0, 0.1) is 5.92 Å². The lowest BCUT2D eigenvalue weighted by atomic mass is 9.81. The van der Waals surface area contributed by atoms with Gasteiger partial charge in [0.1, 0.15) is 6.04 Å². The molecule has 7 heteroatoms. The van der Waals surface area contributed by atoms with Gasteiger partial charge in [0.05, 0.1) is 12.2 Å². The molecular formula is C10H17ClF2N2O2. The van der Waals surface area contributed by atoms with Gasteiger partial charge in [0.15, 0.2) is 0 Å². The third kappa shape index (κ3) is 2.88. The molecule has 2 heterocycles. The Kier molecular flexibility index (Phi) is 3.89. The highest BCUT2D eigenvalue weighted by Crippen LogP contribution is 2.40. The Morgan fingerprint density at radius 1 is 1.47 bits per heavy atom. The largest absolute Gasteiger partial charge is 0.378 e. The van der Waals surface area contributed by atoms with E-state index in [1.807, 2.05) is 0 Å². The second kappa shape index (κ2) is 4.93. The van der Waals surface area contributed by atoms with Crippen molar-refractivity contribution in [1.29, 1.82) is 0 Å². The summed E-state index contributed by atoms with van der Waals surface area (Å²) < 4.78 is 37.4. The predicted molar refractivity (Wildman–Crippen MR) is 58.8 cm³/mol. The molecule has 3 unspecified atom stereocenters. The van der Waals surface area contributed by atoms with Crippen LogP contribution in [-0.4, -0.2) is 36.8 Å². The van der Waals surface area contributed by atoms with Crippen molar-refractivity contribution in [2.45, 2.75) is 36.3 Å². The summed E-state index contributed by atoms with van der Waals surface area (Å²) in [6.07, 6.45) is 1.78. The summed E-state index contributed by atoms with van der Waals surface area (Å²) in [5.41, 5.74) is 1.72. The number of hydrogen-bond donors (Lipinski definition) is 2. The zero-order valence-electron chi connectivity index (χ0n) is 9.43. The van der Waals surface area contributed by atoms with E-state index < -0.39 is 17.0 Å². The first-order chi connectivity index (χ1) is 7.97. The molecule has 0 amide bonds. The molecule has 2 saturated heterocycles. The molecule has 2 fully saturated rings. The van der Waals surface area contributed by atoms with Gasteiger partial charge < -0.3 is 9.47 Å². The SMILES string of the molecule is NNC(C1CCOC2(CCOC2)C1)C(F)(F)Cl. The Labute approximate surface area is 104 Å². The van der Waals surface area contributed by atoms with Crippen molar-refractivity contribution < 1.29 is 18.3 Å². The van der Waals surface area contributed by atoms with Crippen molar-refractivity contribution in [1.82, 2.24) is 5.43 Å². The van der Waals surface area contributed by atoms with Crippen LogP contribution in [0.1, 0.15) is 19.3 Å². The third-order valence-electron chi connectivity index (χ3n) is 3.60. The van der Waals surface area contributed by atoms with Gasteiger partial charge >= 0.3 is 5.38 Å². The molecule has 0 bridgehead atoms. The molecule has 17 heavy (non-hydrogen) atoms. The minimum Gasteiger partial charge on any atom is -0.378 e. The summed E-state index contributed by atoms with van der Waals surface area (Å²) in [5.74, 6) is 4.89. The van der Waals surface area contributed by atoms with Gasteiger partial charge in [-0.1, -0.05) is 0 Å². The standard InChI is InChI=1S/C10H17ClF2N2O2/c11-10(12,13)8(15-14)7-1-3-17-9(5-7)2-4-16-6-9/h7-8,15H,1-6,14H2. The van der Waals surface area contributed by atoms with E-state index in [9.17, 15) is 8.78 Å². The Morgan fingerprint density at radius 2 is 2.24 bits per heavy atom. The van der Waals surface area contributed by atoms with E-state index in [2.05, 4.69) is 5.43 Å². The zero-order chi connectivity index (χ0) is 12.5. The number of ether oxygens (including phenoxy) is 2. The second-order valence-electron chi connectivity index (χ2n) is 4.77. The summed E-state index contributed by atoms with van der Waals surface area (Å²) in [6.45, 7) is 1.53. The Hall–Kier alpha value is -0.0100. The van der Waals surface area contributed by atoms with Crippen LogP contribution in [0.5, 0.6) is 0 Å². The number of hydrazine groups is 1. The summed E-state index contributed by atoms with van der Waals surface area (Å²) in [5, 5.41) is -3.35. The lowest BCUT2D eigenvalue weighted by Crippen LogP contribution is -2.54. The summed E-state index contributed by atoms with van der Waals surface area (Å²) in [7, 11) is 0. The highest BCUT2D eigenvalue weighted by molar-refractivity contribution is 6.22. The van der Waals surface area contributed by atoms with E-state index in [-0.39, 0.29) is 5.92 Å². The van der Waals surface area contributed by atoms with Crippen LogP contribution in [0.3, 0.4) is 0 Å². The van der Waals surface area contributed by atoms with Crippen molar-refractivity contribution in [3.8, 4) is 0 Å². The molecule has 2 rings (SSSR count). The molecule has 0 aliphatic carbocycles. The molecule has 3 atom stereocenters. The second-order valence-corrected chi connectivity index (χ2v) is 5.28. The Bertz CT molecular complexity index is 270. The minimum absolute atomic E-state index is 0.303. The summed E-state index contributed by atoms with van der Waals surface area (Å²) in [4.78, 5) is 0. The van der Waals surface area contributed by atoms with Gasteiger partial charge in [-0.15, -0.1) is 0 Å². The molecule has 2 aliphatic rings. The zero-order valence-corrected chi connectivity index (χ0v) is 10.2. The van der Waals surface area contributed by atoms with Crippen LogP contribution in [0.2, 0.25) is 0 Å². The molecule has 100 valence electrons. The Morgan fingerprint density at radius 3 is 2.76 bits per heavy atom. The quantitative estimate of drug-likeness (QED) is 0.460. The summed E-state index contributed by atoms with van der Waals surface area (Å²) in [6, 6.07) is -1.23. The molecular weight excluding hydrogens is 254 g/mol. The van der Waals surface area contributed by atoms with Gasteiger partial charge in [0, 0.05) is 19.6 Å². The van der Waals surface area contributed by atoms with Gasteiger partial charge in [0.25, 0.3) is 0 Å². The molecule has 2 aliphatic heterocycles. The molecule has 0 radical (unpaired) electrons. The lowest BCUT2D eigenvalue weighted by Gasteiger charge is -2.40. The average molecular weight is 271 g/mol. The predicted octanol–water partition coefficient (Wildman–Crippen LogP) is 1.24. The topological polar surface area (TPSA) is 56.5 Å². The van der Waals surface area contributed by atoms with E-state index >= 15 is 0 Å². The average Bonchev–Trinajstić information content (AvgIpc) is 2.65. The maximum Gasteiger partial charge on any atom is 0.338 e. The highest BCUT2D eigenvalue weighted by atomic mass is 35.5. The molecule has 0 saturated carbocycles. The number of alkyl halides is 3. The van der Waals surface area contributed by atoms with Crippen molar-refractivity contribution in [2.24, 2.45) is 11.8 Å². The Balaban J connectivity index is 2.05. The van der Waals surface area contributed by atoms with Gasteiger partial charge in [0.2, 0.25) is 0 Å². The van der Waals surface area contributed by atoms with E-state index in [1.54, 1.807) is 0 Å². The number of hydrogen-bond acceptors (Lipinski definition) is 4. The number of nitrogens with two attached hydrogens (primary N) is 1. The van der Waals surface area contributed by atoms with Crippen molar-refractivity contribution >= 4 is 11.6 Å². The molecule has 0 aromatic rings. The molecule has 3 N–H and O–H groups in total. The maximum absolute atomic E-state index is 13.2. The fourth-order valence-electron chi connectivity index (χ4n) is 2.71. The van der Waals surface area contributed by atoms with Gasteiger partial charge in [-0.3, -0.25) is 5.84 Å². The third-order valence-corrected chi connectivity index (χ3v) is 3.84. The van der Waals surface area contributed by atoms with E-state index in [0.29, 0.717) is 32.7 Å². The van der Waals surface area contributed by atoms with Crippen molar-refractivity contribution in [2.75, 3.05) is 19.8 Å². The van der Waals surface area contributed by atoms with Gasteiger partial charge in [-0.2, -0.15) is 8.78 Å². The minimum atomic E-state index is -3.35. The maximum atomic E-state index is 13.2. The summed E-state index contributed by atoms with van der Waals surface area (Å²) >= 11 is 5.08. The van der Waals surface area contributed by atoms with Crippen LogP contribution in [0.4, 0.5) is 8.78 Å². The van der Waals surface area contributed by atoms with E-state index in [0.717, 1.165) is 6.42 Å². The van der Waals surface area contributed by atoms with Crippen LogP contribution in [-0.2, 0) is 9.47 Å². The fourth-order valence-corrected chi connectivity index (χ4v) is 2.95.